The van der Waals surface area contributed by atoms with Crippen LogP contribution in [0.2, 0.25) is 0 Å². The van der Waals surface area contributed by atoms with Crippen molar-refractivity contribution in [1.82, 2.24) is 4.90 Å². The molecular weight excluding hydrogens is 424 g/mol. The number of primary amides is 1. The number of anilines is 1. The van der Waals surface area contributed by atoms with Crippen molar-refractivity contribution in [2.75, 3.05) is 12.4 Å². The monoisotopic (exact) mass is 449 g/mol. The minimum atomic E-state index is -1.32. The molecular formula is C24H25N4O5+. The van der Waals surface area contributed by atoms with E-state index in [-0.39, 0.29) is 18.9 Å². The maximum absolute atomic E-state index is 13.8. The van der Waals surface area contributed by atoms with Crippen LogP contribution in [0.5, 0.6) is 5.75 Å². The van der Waals surface area contributed by atoms with Crippen LogP contribution in [-0.4, -0.2) is 41.7 Å². The maximum Gasteiger partial charge on any atom is 0.291 e. The summed E-state index contributed by atoms with van der Waals surface area (Å²) >= 11 is 0. The van der Waals surface area contributed by atoms with Crippen LogP contribution >= 0.6 is 0 Å². The molecule has 1 spiro atoms. The molecule has 2 fully saturated rings. The number of carbonyl (C=O) groups excluding carboxylic acids is 4. The van der Waals surface area contributed by atoms with E-state index in [1.807, 2.05) is 19.1 Å². The van der Waals surface area contributed by atoms with Gasteiger partial charge in [0, 0.05) is 11.1 Å². The number of fused-ring (bicyclic) bond motifs is 4. The Morgan fingerprint density at radius 3 is 2.64 bits per heavy atom. The molecule has 3 aliphatic rings. The summed E-state index contributed by atoms with van der Waals surface area (Å²) < 4.78 is 5.38. The first kappa shape index (κ1) is 21.1. The van der Waals surface area contributed by atoms with Gasteiger partial charge in [0.05, 0.1) is 25.8 Å². The Kier molecular flexibility index (Phi) is 4.75. The molecule has 0 saturated carbocycles. The number of hydrogen-bond donors (Lipinski definition) is 3. The van der Waals surface area contributed by atoms with E-state index in [4.69, 9.17) is 10.5 Å². The highest BCUT2D eigenvalue weighted by molar-refractivity contribution is 6.14. The summed E-state index contributed by atoms with van der Waals surface area (Å²) in [7, 11) is 1.52. The van der Waals surface area contributed by atoms with Crippen LogP contribution in [0.1, 0.15) is 23.1 Å². The molecule has 0 unspecified atom stereocenters. The van der Waals surface area contributed by atoms with Crippen LogP contribution < -0.4 is 21.1 Å². The molecule has 9 nitrogen and oxygen atoms in total. The fourth-order valence-electron chi connectivity index (χ4n) is 5.78. The van der Waals surface area contributed by atoms with E-state index in [2.05, 4.69) is 5.32 Å². The molecule has 2 saturated heterocycles. The number of amides is 4. The van der Waals surface area contributed by atoms with Crippen molar-refractivity contribution in [2.45, 2.75) is 31.5 Å². The van der Waals surface area contributed by atoms with Gasteiger partial charge < -0.3 is 21.1 Å². The van der Waals surface area contributed by atoms with E-state index in [1.165, 1.54) is 12.0 Å². The lowest BCUT2D eigenvalue weighted by molar-refractivity contribution is -0.732. The van der Waals surface area contributed by atoms with Crippen LogP contribution in [0, 0.1) is 18.8 Å². The Bertz CT molecular complexity index is 1210. The fraction of sp³-hybridized carbons (Fsp3) is 0.333. The molecule has 33 heavy (non-hydrogen) atoms. The summed E-state index contributed by atoms with van der Waals surface area (Å²) in [6.07, 6.45) is -0.112. The summed E-state index contributed by atoms with van der Waals surface area (Å²) in [5.74, 6) is -2.98. The summed E-state index contributed by atoms with van der Waals surface area (Å²) in [5, 5.41) is 4.63. The zero-order valence-corrected chi connectivity index (χ0v) is 18.3. The van der Waals surface area contributed by atoms with E-state index in [0.717, 1.165) is 5.56 Å². The van der Waals surface area contributed by atoms with Gasteiger partial charge in [-0.05, 0) is 18.6 Å². The number of rotatable bonds is 5. The Hall–Kier alpha value is -3.72. The maximum atomic E-state index is 13.8. The second-order valence-electron chi connectivity index (χ2n) is 8.90. The zero-order valence-electron chi connectivity index (χ0n) is 18.3. The molecule has 2 aromatic carbocycles. The number of quaternary nitrogens is 1. The van der Waals surface area contributed by atoms with Crippen molar-refractivity contribution in [3.8, 4) is 5.75 Å². The number of para-hydroxylation sites is 2. The first-order valence-corrected chi connectivity index (χ1v) is 10.8. The molecule has 3 aliphatic heterocycles. The number of benzene rings is 2. The predicted molar refractivity (Wildman–Crippen MR) is 117 cm³/mol. The third kappa shape index (κ3) is 2.88. The second-order valence-corrected chi connectivity index (χ2v) is 8.90. The highest BCUT2D eigenvalue weighted by Crippen LogP contribution is 2.50. The number of likely N-dealkylation sites (tertiary alicyclic amines) is 1. The van der Waals surface area contributed by atoms with Crippen molar-refractivity contribution in [3.63, 3.8) is 0 Å². The summed E-state index contributed by atoms with van der Waals surface area (Å²) in [6, 6.07) is 12.0. The Balaban J connectivity index is 1.61. The number of methoxy groups -OCH3 is 1. The SMILES string of the molecule is COc1ccccc1CN1C(=O)[C@@H]2[C@H](CC(N)=O)[NH2+][C@@]3(C(=O)Nc4c(C)cccc43)[C@@H]2C1=O. The lowest BCUT2D eigenvalue weighted by Gasteiger charge is -2.26. The van der Waals surface area contributed by atoms with Crippen molar-refractivity contribution in [1.29, 1.82) is 0 Å². The predicted octanol–water partition coefficient (Wildman–Crippen LogP) is -0.227. The van der Waals surface area contributed by atoms with Crippen LogP contribution in [-0.2, 0) is 31.3 Å². The minimum absolute atomic E-state index is 0.0242. The van der Waals surface area contributed by atoms with Gasteiger partial charge in [0.15, 0.2) is 0 Å². The summed E-state index contributed by atoms with van der Waals surface area (Å²) in [4.78, 5) is 53.8. The molecule has 9 heteroatoms. The number of carbonyl (C=O) groups is 4. The highest BCUT2D eigenvalue weighted by Gasteiger charge is 2.74. The number of imide groups is 1. The Morgan fingerprint density at radius 2 is 1.91 bits per heavy atom. The van der Waals surface area contributed by atoms with E-state index < -0.39 is 41.1 Å². The molecule has 0 aromatic heterocycles. The molecule has 3 heterocycles. The Morgan fingerprint density at radius 1 is 1.15 bits per heavy atom. The number of nitrogens with two attached hydrogens (primary N) is 2. The second kappa shape index (κ2) is 7.41. The van der Waals surface area contributed by atoms with Gasteiger partial charge in [0.1, 0.15) is 23.6 Å². The molecule has 5 rings (SSSR count). The van der Waals surface area contributed by atoms with Crippen LogP contribution in [0.4, 0.5) is 5.69 Å². The summed E-state index contributed by atoms with van der Waals surface area (Å²) in [6.45, 7) is 1.90. The van der Waals surface area contributed by atoms with Gasteiger partial charge in [-0.3, -0.25) is 24.1 Å². The van der Waals surface area contributed by atoms with Gasteiger partial charge in [-0.15, -0.1) is 0 Å². The Labute approximate surface area is 190 Å². The van der Waals surface area contributed by atoms with Crippen LogP contribution in [0.15, 0.2) is 42.5 Å². The van der Waals surface area contributed by atoms with Gasteiger partial charge in [0.2, 0.25) is 23.3 Å². The van der Waals surface area contributed by atoms with Crippen molar-refractivity contribution < 1.29 is 29.2 Å². The summed E-state index contributed by atoms with van der Waals surface area (Å²) in [5.41, 5.74) is 7.02. The van der Waals surface area contributed by atoms with E-state index in [9.17, 15) is 19.2 Å². The molecule has 170 valence electrons. The highest BCUT2D eigenvalue weighted by atomic mass is 16.5. The molecule has 0 aliphatic carbocycles. The number of aryl methyl sites for hydroxylation is 1. The molecule has 2 aromatic rings. The average molecular weight is 449 g/mol. The molecule has 0 radical (unpaired) electrons. The molecule has 5 N–H and O–H groups in total. The molecule has 4 atom stereocenters. The largest absolute Gasteiger partial charge is 0.496 e. The zero-order chi connectivity index (χ0) is 23.5. The normalized spacial score (nSPS) is 27.6. The average Bonchev–Trinajstić information content (AvgIpc) is 3.35. The smallest absolute Gasteiger partial charge is 0.291 e. The van der Waals surface area contributed by atoms with Crippen LogP contribution in [0.25, 0.3) is 0 Å². The topological polar surface area (TPSA) is 135 Å². The fourth-order valence-corrected chi connectivity index (χ4v) is 5.78. The lowest BCUT2D eigenvalue weighted by Crippen LogP contribution is -2.99. The van der Waals surface area contributed by atoms with Crippen LogP contribution in [0.3, 0.4) is 0 Å². The third-order valence-electron chi connectivity index (χ3n) is 7.16. The van der Waals surface area contributed by atoms with E-state index in [1.54, 1.807) is 35.6 Å². The first-order valence-electron chi connectivity index (χ1n) is 10.8. The van der Waals surface area contributed by atoms with Gasteiger partial charge in [-0.25, -0.2) is 0 Å². The van der Waals surface area contributed by atoms with Crippen molar-refractivity contribution >= 4 is 29.3 Å². The number of ether oxygens (including phenoxy) is 1. The van der Waals surface area contributed by atoms with Gasteiger partial charge >= 0.3 is 0 Å². The van der Waals surface area contributed by atoms with Gasteiger partial charge in [-0.2, -0.15) is 0 Å². The van der Waals surface area contributed by atoms with E-state index >= 15 is 0 Å². The van der Waals surface area contributed by atoms with Crippen molar-refractivity contribution in [2.24, 2.45) is 17.6 Å². The number of hydrogen-bond acceptors (Lipinski definition) is 5. The quantitative estimate of drug-likeness (QED) is 0.542. The standard InChI is InChI=1S/C24H24N4O5/c1-12-6-5-8-14-20(12)26-23(32)24(14)19-18(15(27-24)10-17(25)29)21(30)28(22(19)31)11-13-7-3-4-9-16(13)33-2/h3-9,15,18-19,27H,10-11H2,1-2H3,(H2,25,29)(H,26,32)/p+1/t15-,18+,19-,24+/m0/s1. The number of nitrogens with zero attached hydrogens (tertiary/aromatic N) is 1. The third-order valence-corrected chi connectivity index (χ3v) is 7.16. The first-order chi connectivity index (χ1) is 15.8. The van der Waals surface area contributed by atoms with Gasteiger partial charge in [-0.1, -0.05) is 36.4 Å². The van der Waals surface area contributed by atoms with E-state index in [0.29, 0.717) is 22.6 Å². The molecule has 0 bridgehead atoms. The van der Waals surface area contributed by atoms with Crippen molar-refractivity contribution in [3.05, 3.63) is 59.2 Å². The van der Waals surface area contributed by atoms with Gasteiger partial charge in [0.25, 0.3) is 5.91 Å². The number of nitrogens with one attached hydrogen (secondary N) is 1. The minimum Gasteiger partial charge on any atom is -0.496 e. The molecule has 4 amide bonds. The lowest BCUT2D eigenvalue weighted by atomic mass is 9.76.